The number of aliphatic hydroxyl groups excluding tert-OH is 2. The molecule has 0 bridgehead atoms. The van der Waals surface area contributed by atoms with E-state index in [4.69, 9.17) is 0 Å². The smallest absolute Gasteiger partial charge is 0.0552 e. The highest BCUT2D eigenvalue weighted by molar-refractivity contribution is 5.31. The maximum atomic E-state index is 9.60. The van der Waals surface area contributed by atoms with Gasteiger partial charge in [-0.3, -0.25) is 0 Å². The van der Waals surface area contributed by atoms with E-state index in [1.807, 2.05) is 25.1 Å². The molecule has 3 unspecified atom stereocenters. The maximum Gasteiger partial charge on any atom is 0.0552 e. The Bertz CT molecular complexity index is 369. The zero-order valence-corrected chi connectivity index (χ0v) is 11.3. The lowest BCUT2D eigenvalue weighted by Gasteiger charge is -2.21. The van der Waals surface area contributed by atoms with Crippen LogP contribution >= 0.6 is 0 Å². The monoisotopic (exact) mass is 248 g/mol. The molecule has 0 aromatic heterocycles. The van der Waals surface area contributed by atoms with Crippen molar-refractivity contribution in [1.82, 2.24) is 0 Å². The van der Waals surface area contributed by atoms with Crippen molar-refractivity contribution in [2.75, 3.05) is 0 Å². The molecule has 0 heterocycles. The van der Waals surface area contributed by atoms with E-state index in [0.29, 0.717) is 6.42 Å². The summed E-state index contributed by atoms with van der Waals surface area (Å²) in [6, 6.07) is 8.15. The van der Waals surface area contributed by atoms with Gasteiger partial charge in [0.1, 0.15) is 0 Å². The van der Waals surface area contributed by atoms with Crippen LogP contribution in [0.25, 0.3) is 0 Å². The van der Waals surface area contributed by atoms with Crippen molar-refractivity contribution < 1.29 is 10.2 Å². The SMILES string of the molecule is C=CCC(CC(C)O)c1ccccc1CC(C)O. The molecule has 2 heteroatoms. The van der Waals surface area contributed by atoms with E-state index in [0.717, 1.165) is 12.8 Å². The van der Waals surface area contributed by atoms with Crippen molar-refractivity contribution in [3.63, 3.8) is 0 Å². The van der Waals surface area contributed by atoms with Crippen LogP contribution in [-0.2, 0) is 6.42 Å². The highest BCUT2D eigenvalue weighted by Gasteiger charge is 2.16. The number of rotatable bonds is 7. The van der Waals surface area contributed by atoms with Gasteiger partial charge in [0.25, 0.3) is 0 Å². The van der Waals surface area contributed by atoms with Gasteiger partial charge in [-0.15, -0.1) is 6.58 Å². The van der Waals surface area contributed by atoms with E-state index in [2.05, 4.69) is 18.7 Å². The number of hydrogen-bond acceptors (Lipinski definition) is 2. The Kier molecular flexibility index (Phi) is 6.10. The van der Waals surface area contributed by atoms with Crippen molar-refractivity contribution >= 4 is 0 Å². The largest absolute Gasteiger partial charge is 0.393 e. The third-order valence-corrected chi connectivity index (χ3v) is 3.09. The van der Waals surface area contributed by atoms with E-state index >= 15 is 0 Å². The molecule has 100 valence electrons. The lowest BCUT2D eigenvalue weighted by molar-refractivity contribution is 0.173. The van der Waals surface area contributed by atoms with Gasteiger partial charge in [0, 0.05) is 0 Å². The van der Waals surface area contributed by atoms with Gasteiger partial charge in [-0.25, -0.2) is 0 Å². The van der Waals surface area contributed by atoms with Crippen molar-refractivity contribution in [2.45, 2.75) is 51.2 Å². The van der Waals surface area contributed by atoms with E-state index in [-0.39, 0.29) is 18.1 Å². The minimum atomic E-state index is -0.345. The lowest BCUT2D eigenvalue weighted by atomic mass is 9.86. The molecule has 1 aromatic carbocycles. The average Bonchev–Trinajstić information content (AvgIpc) is 2.28. The van der Waals surface area contributed by atoms with Crippen LogP contribution in [0.2, 0.25) is 0 Å². The maximum absolute atomic E-state index is 9.60. The highest BCUT2D eigenvalue weighted by atomic mass is 16.3. The summed E-state index contributed by atoms with van der Waals surface area (Å²) in [5, 5.41) is 19.2. The molecule has 18 heavy (non-hydrogen) atoms. The van der Waals surface area contributed by atoms with Crippen LogP contribution < -0.4 is 0 Å². The number of benzene rings is 1. The van der Waals surface area contributed by atoms with Gasteiger partial charge in [0.15, 0.2) is 0 Å². The Hall–Kier alpha value is -1.12. The van der Waals surface area contributed by atoms with Gasteiger partial charge in [0.05, 0.1) is 12.2 Å². The summed E-state index contributed by atoms with van der Waals surface area (Å²) in [7, 11) is 0. The summed E-state index contributed by atoms with van der Waals surface area (Å²) in [6.45, 7) is 7.41. The van der Waals surface area contributed by atoms with Gasteiger partial charge in [-0.1, -0.05) is 30.3 Å². The molecule has 0 radical (unpaired) electrons. The summed E-state index contributed by atoms with van der Waals surface area (Å²) >= 11 is 0. The molecule has 2 N–H and O–H groups in total. The standard InChI is InChI=1S/C16H24O2/c1-4-7-14(10-12(2)17)16-9-6-5-8-15(16)11-13(3)18/h4-6,8-9,12-14,17-18H,1,7,10-11H2,2-3H3. The van der Waals surface area contributed by atoms with Gasteiger partial charge < -0.3 is 10.2 Å². The Labute approximate surface area is 110 Å². The molecule has 0 aliphatic rings. The van der Waals surface area contributed by atoms with E-state index in [9.17, 15) is 10.2 Å². The molecule has 2 nitrogen and oxygen atoms in total. The first-order valence-corrected chi connectivity index (χ1v) is 6.59. The quantitative estimate of drug-likeness (QED) is 0.728. The Morgan fingerprint density at radius 2 is 1.83 bits per heavy atom. The summed E-state index contributed by atoms with van der Waals surface area (Å²) in [4.78, 5) is 0. The molecule has 3 atom stereocenters. The Morgan fingerprint density at radius 3 is 2.39 bits per heavy atom. The second-order valence-electron chi connectivity index (χ2n) is 5.06. The summed E-state index contributed by atoms with van der Waals surface area (Å²) < 4.78 is 0. The van der Waals surface area contributed by atoms with Gasteiger partial charge >= 0.3 is 0 Å². The first kappa shape index (κ1) is 14.9. The van der Waals surface area contributed by atoms with Gasteiger partial charge in [-0.05, 0) is 50.2 Å². The highest BCUT2D eigenvalue weighted by Crippen LogP contribution is 2.29. The Balaban J connectivity index is 2.98. The molecular weight excluding hydrogens is 224 g/mol. The second kappa shape index (κ2) is 7.34. The molecule has 0 fully saturated rings. The molecule has 0 amide bonds. The zero-order valence-electron chi connectivity index (χ0n) is 11.3. The zero-order chi connectivity index (χ0) is 13.5. The van der Waals surface area contributed by atoms with E-state index < -0.39 is 0 Å². The second-order valence-corrected chi connectivity index (χ2v) is 5.06. The topological polar surface area (TPSA) is 40.5 Å². The van der Waals surface area contributed by atoms with Crippen molar-refractivity contribution in [1.29, 1.82) is 0 Å². The predicted molar refractivity (Wildman–Crippen MR) is 75.7 cm³/mol. The predicted octanol–water partition coefficient (Wildman–Crippen LogP) is 3.04. The van der Waals surface area contributed by atoms with Crippen molar-refractivity contribution in [3.05, 3.63) is 48.0 Å². The van der Waals surface area contributed by atoms with Crippen LogP contribution in [0.15, 0.2) is 36.9 Å². The Morgan fingerprint density at radius 1 is 1.17 bits per heavy atom. The van der Waals surface area contributed by atoms with Crippen molar-refractivity contribution in [2.24, 2.45) is 0 Å². The van der Waals surface area contributed by atoms with Crippen LogP contribution in [0, 0.1) is 0 Å². The summed E-state index contributed by atoms with van der Waals surface area (Å²) in [6.07, 6.45) is 3.46. The van der Waals surface area contributed by atoms with E-state index in [1.54, 1.807) is 6.92 Å². The van der Waals surface area contributed by atoms with Gasteiger partial charge in [0.2, 0.25) is 0 Å². The lowest BCUT2D eigenvalue weighted by Crippen LogP contribution is -2.13. The van der Waals surface area contributed by atoms with E-state index in [1.165, 1.54) is 11.1 Å². The van der Waals surface area contributed by atoms with Crippen LogP contribution in [0.4, 0.5) is 0 Å². The molecule has 0 saturated heterocycles. The normalized spacial score (nSPS) is 16.0. The van der Waals surface area contributed by atoms with Crippen LogP contribution in [0.3, 0.4) is 0 Å². The fourth-order valence-electron chi connectivity index (χ4n) is 2.40. The summed E-state index contributed by atoms with van der Waals surface area (Å²) in [5.41, 5.74) is 2.39. The molecule has 0 spiro atoms. The molecule has 0 aliphatic heterocycles. The fraction of sp³-hybridized carbons (Fsp3) is 0.500. The third kappa shape index (κ3) is 4.63. The average molecular weight is 248 g/mol. The third-order valence-electron chi connectivity index (χ3n) is 3.09. The first-order valence-electron chi connectivity index (χ1n) is 6.59. The number of hydrogen-bond donors (Lipinski definition) is 2. The first-order chi connectivity index (χ1) is 8.54. The minimum Gasteiger partial charge on any atom is -0.393 e. The molecular formula is C16H24O2. The van der Waals surface area contributed by atoms with Crippen LogP contribution in [0.5, 0.6) is 0 Å². The number of allylic oxidation sites excluding steroid dienone is 1. The number of aliphatic hydroxyl groups is 2. The summed E-state index contributed by atoms with van der Waals surface area (Å²) in [5.74, 6) is 0.275. The van der Waals surface area contributed by atoms with Crippen LogP contribution in [-0.4, -0.2) is 22.4 Å². The fourth-order valence-corrected chi connectivity index (χ4v) is 2.40. The molecule has 0 aliphatic carbocycles. The van der Waals surface area contributed by atoms with Crippen molar-refractivity contribution in [3.8, 4) is 0 Å². The molecule has 1 rings (SSSR count). The van der Waals surface area contributed by atoms with Crippen LogP contribution in [0.1, 0.15) is 43.7 Å². The molecule has 0 saturated carbocycles. The molecule has 1 aromatic rings. The van der Waals surface area contributed by atoms with Gasteiger partial charge in [-0.2, -0.15) is 0 Å². The minimum absolute atomic E-state index is 0.275.